The van der Waals surface area contributed by atoms with Crippen molar-refractivity contribution in [2.24, 2.45) is 0 Å². The maximum Gasteiger partial charge on any atom is 0.162 e. The van der Waals surface area contributed by atoms with Crippen LogP contribution >= 0.6 is 0 Å². The number of methoxy groups -OCH3 is 1. The van der Waals surface area contributed by atoms with Crippen molar-refractivity contribution in [1.29, 1.82) is 0 Å². The highest BCUT2D eigenvalue weighted by Crippen LogP contribution is 2.29. The maximum atomic E-state index is 5.71. The monoisotopic (exact) mass is 458 g/mol. The molecule has 176 valence electrons. The molecule has 0 saturated carbocycles. The van der Waals surface area contributed by atoms with Crippen LogP contribution in [0.2, 0.25) is 0 Å². The molecular formula is C27H30N4O3. The van der Waals surface area contributed by atoms with Gasteiger partial charge in [0, 0.05) is 37.1 Å². The van der Waals surface area contributed by atoms with Crippen molar-refractivity contribution >= 4 is 16.7 Å². The second-order valence-electron chi connectivity index (χ2n) is 8.42. The largest absolute Gasteiger partial charge is 0.497 e. The number of benzene rings is 2. The smallest absolute Gasteiger partial charge is 0.162 e. The fourth-order valence-corrected chi connectivity index (χ4v) is 4.33. The van der Waals surface area contributed by atoms with Crippen molar-refractivity contribution in [2.45, 2.75) is 13.0 Å². The molecule has 1 saturated heterocycles. The normalized spacial score (nSPS) is 14.4. The molecule has 2 aromatic carbocycles. The zero-order valence-corrected chi connectivity index (χ0v) is 19.5. The van der Waals surface area contributed by atoms with E-state index in [9.17, 15) is 0 Å². The molecule has 0 atom stereocenters. The van der Waals surface area contributed by atoms with Crippen LogP contribution in [0.5, 0.6) is 5.75 Å². The topological polar surface area (TPSA) is 63.9 Å². The minimum absolute atomic E-state index is 0.652. The fourth-order valence-electron chi connectivity index (χ4n) is 4.33. The van der Waals surface area contributed by atoms with E-state index in [2.05, 4.69) is 15.9 Å². The molecule has 2 aromatic heterocycles. The lowest BCUT2D eigenvalue weighted by Gasteiger charge is -2.29. The summed E-state index contributed by atoms with van der Waals surface area (Å²) in [6.45, 7) is 6.18. The summed E-state index contributed by atoms with van der Waals surface area (Å²) in [5.41, 5.74) is 1.88. The molecule has 0 unspecified atom stereocenters. The highest BCUT2D eigenvalue weighted by molar-refractivity contribution is 5.91. The minimum atomic E-state index is 0.652. The van der Waals surface area contributed by atoms with Gasteiger partial charge < -0.3 is 18.8 Å². The first-order valence-corrected chi connectivity index (χ1v) is 11.8. The van der Waals surface area contributed by atoms with E-state index < -0.39 is 0 Å². The quantitative estimate of drug-likeness (QED) is 0.362. The van der Waals surface area contributed by atoms with Crippen LogP contribution in [0.15, 0.2) is 71.3 Å². The number of anilines is 1. The van der Waals surface area contributed by atoms with Crippen molar-refractivity contribution in [1.82, 2.24) is 14.9 Å². The molecule has 34 heavy (non-hydrogen) atoms. The van der Waals surface area contributed by atoms with Gasteiger partial charge in [0.15, 0.2) is 5.82 Å². The van der Waals surface area contributed by atoms with Gasteiger partial charge >= 0.3 is 0 Å². The lowest BCUT2D eigenvalue weighted by atomic mass is 10.1. The lowest BCUT2D eigenvalue weighted by molar-refractivity contribution is 0.0376. The molecular weight excluding hydrogens is 428 g/mol. The zero-order valence-electron chi connectivity index (χ0n) is 19.5. The van der Waals surface area contributed by atoms with Crippen LogP contribution in [0.25, 0.3) is 22.3 Å². The SMILES string of the molecule is COc1ccc(-c2nc(N(CCCN3CCOCC3)Cc3ccco3)c3ccccc3n2)cc1. The summed E-state index contributed by atoms with van der Waals surface area (Å²) in [6.07, 6.45) is 2.75. The average Bonchev–Trinajstić information content (AvgIpc) is 3.41. The highest BCUT2D eigenvalue weighted by Gasteiger charge is 2.18. The molecule has 0 bridgehead atoms. The molecule has 1 fully saturated rings. The highest BCUT2D eigenvalue weighted by atomic mass is 16.5. The summed E-state index contributed by atoms with van der Waals surface area (Å²) in [4.78, 5) is 14.7. The minimum Gasteiger partial charge on any atom is -0.497 e. The molecule has 5 rings (SSSR count). The number of hydrogen-bond acceptors (Lipinski definition) is 7. The van der Waals surface area contributed by atoms with E-state index in [1.807, 2.05) is 54.6 Å². The summed E-state index contributed by atoms with van der Waals surface area (Å²) in [5, 5.41) is 1.04. The number of ether oxygens (including phenoxy) is 2. The Balaban J connectivity index is 1.48. The first-order valence-electron chi connectivity index (χ1n) is 11.8. The molecule has 0 aliphatic carbocycles. The second kappa shape index (κ2) is 10.7. The molecule has 0 amide bonds. The zero-order chi connectivity index (χ0) is 23.2. The Labute approximate surface area is 199 Å². The van der Waals surface area contributed by atoms with Crippen molar-refractivity contribution in [3.8, 4) is 17.1 Å². The Bertz CT molecular complexity index is 1190. The van der Waals surface area contributed by atoms with Crippen LogP contribution in [0.3, 0.4) is 0 Å². The molecule has 4 aromatic rings. The number of hydrogen-bond donors (Lipinski definition) is 0. The maximum absolute atomic E-state index is 5.71. The van der Waals surface area contributed by atoms with E-state index in [0.717, 1.165) is 79.6 Å². The number of para-hydroxylation sites is 1. The Kier molecular flexibility index (Phi) is 7.02. The molecule has 3 heterocycles. The van der Waals surface area contributed by atoms with Crippen molar-refractivity contribution in [3.05, 3.63) is 72.7 Å². The van der Waals surface area contributed by atoms with Gasteiger partial charge in [-0.1, -0.05) is 12.1 Å². The predicted octanol–water partition coefficient (Wildman–Crippen LogP) is 4.63. The summed E-state index contributed by atoms with van der Waals surface area (Å²) >= 11 is 0. The number of rotatable bonds is 9. The lowest BCUT2D eigenvalue weighted by Crippen LogP contribution is -2.38. The van der Waals surface area contributed by atoms with Crippen LogP contribution in [-0.4, -0.2) is 61.4 Å². The van der Waals surface area contributed by atoms with Gasteiger partial charge in [-0.25, -0.2) is 9.97 Å². The van der Waals surface area contributed by atoms with E-state index in [1.165, 1.54) is 0 Å². The third-order valence-electron chi connectivity index (χ3n) is 6.16. The third-order valence-corrected chi connectivity index (χ3v) is 6.16. The average molecular weight is 459 g/mol. The fraction of sp³-hybridized carbons (Fsp3) is 0.333. The molecule has 0 radical (unpaired) electrons. The van der Waals surface area contributed by atoms with Crippen molar-refractivity contribution < 1.29 is 13.9 Å². The van der Waals surface area contributed by atoms with E-state index >= 15 is 0 Å². The molecule has 0 spiro atoms. The van der Waals surface area contributed by atoms with Crippen molar-refractivity contribution in [2.75, 3.05) is 51.4 Å². The first-order chi connectivity index (χ1) is 16.8. The second-order valence-corrected chi connectivity index (χ2v) is 8.42. The van der Waals surface area contributed by atoms with Gasteiger partial charge in [0.25, 0.3) is 0 Å². The number of furan rings is 1. The number of fused-ring (bicyclic) bond motifs is 1. The summed E-state index contributed by atoms with van der Waals surface area (Å²) in [5.74, 6) is 3.36. The molecule has 0 N–H and O–H groups in total. The van der Waals surface area contributed by atoms with Crippen LogP contribution in [0.4, 0.5) is 5.82 Å². The van der Waals surface area contributed by atoms with E-state index in [0.29, 0.717) is 12.4 Å². The molecule has 7 heteroatoms. The predicted molar refractivity (Wildman–Crippen MR) is 133 cm³/mol. The van der Waals surface area contributed by atoms with Gasteiger partial charge in [-0.15, -0.1) is 0 Å². The number of nitrogens with zero attached hydrogens (tertiary/aromatic N) is 4. The van der Waals surface area contributed by atoms with Crippen LogP contribution in [-0.2, 0) is 11.3 Å². The number of aromatic nitrogens is 2. The van der Waals surface area contributed by atoms with Gasteiger partial charge in [-0.3, -0.25) is 4.90 Å². The Morgan fingerprint density at radius 1 is 0.971 bits per heavy atom. The summed E-state index contributed by atoms with van der Waals surface area (Å²) in [7, 11) is 1.67. The van der Waals surface area contributed by atoms with Gasteiger partial charge in [0.2, 0.25) is 0 Å². The van der Waals surface area contributed by atoms with Gasteiger partial charge in [-0.2, -0.15) is 0 Å². The van der Waals surface area contributed by atoms with Crippen molar-refractivity contribution in [3.63, 3.8) is 0 Å². The van der Waals surface area contributed by atoms with E-state index in [1.54, 1.807) is 13.4 Å². The Morgan fingerprint density at radius 3 is 2.56 bits per heavy atom. The van der Waals surface area contributed by atoms with E-state index in [-0.39, 0.29) is 0 Å². The molecule has 7 nitrogen and oxygen atoms in total. The standard InChI is InChI=1S/C27H30N4O3/c1-32-22-11-9-21(10-12-22)26-28-25-8-3-2-7-24(25)27(29-26)31(20-23-6-4-17-34-23)14-5-13-30-15-18-33-19-16-30/h2-4,6-12,17H,5,13-16,18-20H2,1H3. The molecule has 1 aliphatic rings. The first kappa shape index (κ1) is 22.4. The van der Waals surface area contributed by atoms with E-state index in [4.69, 9.17) is 23.9 Å². The number of morpholine rings is 1. The van der Waals surface area contributed by atoms with Gasteiger partial charge in [-0.05, 0) is 55.0 Å². The summed E-state index contributed by atoms with van der Waals surface area (Å²) < 4.78 is 16.5. The van der Waals surface area contributed by atoms with Gasteiger partial charge in [0.1, 0.15) is 17.3 Å². The Morgan fingerprint density at radius 2 is 1.79 bits per heavy atom. The third kappa shape index (κ3) is 5.21. The summed E-state index contributed by atoms with van der Waals surface area (Å²) in [6, 6.07) is 20.0. The Hall–Kier alpha value is -3.42. The van der Waals surface area contributed by atoms with Crippen LogP contribution < -0.4 is 9.64 Å². The van der Waals surface area contributed by atoms with Crippen LogP contribution in [0, 0.1) is 0 Å². The van der Waals surface area contributed by atoms with Crippen LogP contribution in [0.1, 0.15) is 12.2 Å². The molecule has 1 aliphatic heterocycles. The van der Waals surface area contributed by atoms with Gasteiger partial charge in [0.05, 0.1) is 38.6 Å².